The molecule has 0 aromatic heterocycles. The molecule has 2 rings (SSSR count). The van der Waals surface area contributed by atoms with Gasteiger partial charge in [-0.1, -0.05) is 30.3 Å². The Morgan fingerprint density at radius 3 is 1.80 bits per heavy atom. The van der Waals surface area contributed by atoms with Gasteiger partial charge in [-0.3, -0.25) is 0 Å². The van der Waals surface area contributed by atoms with E-state index in [0.29, 0.717) is 0 Å². The van der Waals surface area contributed by atoms with Crippen molar-refractivity contribution in [2.75, 3.05) is 0 Å². The fourth-order valence-corrected chi connectivity index (χ4v) is 1.82. The van der Waals surface area contributed by atoms with Gasteiger partial charge in [-0.15, -0.1) is 50.5 Å². The number of ether oxygens (including phenoxy) is 2. The molecule has 1 aromatic rings. The second-order valence-electron chi connectivity index (χ2n) is 3.19. The second-order valence-corrected chi connectivity index (χ2v) is 6.42. The van der Waals surface area contributed by atoms with Crippen molar-refractivity contribution in [2.45, 2.75) is 14.8 Å². The molecule has 15 heavy (non-hydrogen) atoms. The quantitative estimate of drug-likeness (QED) is 0.468. The molecule has 1 aromatic carbocycles. The lowest BCUT2D eigenvalue weighted by Gasteiger charge is -2.25. The van der Waals surface area contributed by atoms with Crippen molar-refractivity contribution in [3.63, 3.8) is 0 Å². The van der Waals surface area contributed by atoms with Gasteiger partial charge in [0.2, 0.25) is 8.53 Å². The van der Waals surface area contributed by atoms with Gasteiger partial charge < -0.3 is 9.47 Å². The molecule has 0 saturated carbocycles. The van der Waals surface area contributed by atoms with Gasteiger partial charge in [0.05, 0.1) is 0 Å². The third-order valence-electron chi connectivity index (χ3n) is 2.04. The van der Waals surface area contributed by atoms with Crippen LogP contribution in [0.25, 0.3) is 0 Å². The lowest BCUT2D eigenvalue weighted by molar-refractivity contribution is -0.0582. The Bertz CT molecular complexity index is 336. The van der Waals surface area contributed by atoms with Crippen molar-refractivity contribution >= 4 is 50.5 Å². The molecule has 0 N–H and O–H groups in total. The molecule has 6 heteroatoms. The van der Waals surface area contributed by atoms with Crippen LogP contribution in [0.1, 0.15) is 11.9 Å². The fourth-order valence-electron chi connectivity index (χ4n) is 1.22. The Kier molecular flexibility index (Phi) is 3.27. The molecular weight excluding hydrogens is 268 g/mol. The summed E-state index contributed by atoms with van der Waals surface area (Å²) in [6, 6.07) is 9.51. The molecule has 0 unspecified atom stereocenters. The molecule has 1 heterocycles. The van der Waals surface area contributed by atoms with E-state index in [4.69, 9.17) is 9.47 Å². The van der Waals surface area contributed by atoms with Crippen molar-refractivity contribution in [2.24, 2.45) is 0 Å². The summed E-state index contributed by atoms with van der Waals surface area (Å²) in [7, 11) is 0. The van der Waals surface area contributed by atoms with Crippen LogP contribution >= 0.6 is 50.5 Å². The van der Waals surface area contributed by atoms with E-state index in [2.05, 4.69) is 50.5 Å². The molecule has 82 valence electrons. The minimum Gasteiger partial charge on any atom is -0.317 e. The average molecular weight is 278 g/mol. The molecule has 0 radical (unpaired) electrons. The van der Waals surface area contributed by atoms with Crippen molar-refractivity contribution in [1.29, 1.82) is 0 Å². The normalized spacial score (nSPS) is 24.3. The standard InChI is InChI=1S/C9H10O2S4/c12-8(13)9(14,15)11-7(10-8)6-4-2-1-3-5-6/h1-5,7,12-15H. The van der Waals surface area contributed by atoms with Gasteiger partial charge >= 0.3 is 0 Å². The summed E-state index contributed by atoms with van der Waals surface area (Å²) in [6.45, 7) is 0. The van der Waals surface area contributed by atoms with Crippen LogP contribution in [-0.4, -0.2) is 8.53 Å². The van der Waals surface area contributed by atoms with Crippen LogP contribution in [0.3, 0.4) is 0 Å². The molecule has 1 saturated heterocycles. The zero-order chi connectivity index (χ0) is 11.1. The zero-order valence-corrected chi connectivity index (χ0v) is 11.1. The minimum absolute atomic E-state index is 0.545. The third-order valence-corrected chi connectivity index (χ3v) is 4.43. The summed E-state index contributed by atoms with van der Waals surface area (Å²) in [5.74, 6) is 0. The van der Waals surface area contributed by atoms with Crippen LogP contribution in [0, 0.1) is 0 Å². The summed E-state index contributed by atoms with van der Waals surface area (Å²) in [4.78, 5) is 0. The zero-order valence-electron chi connectivity index (χ0n) is 7.57. The van der Waals surface area contributed by atoms with Crippen LogP contribution in [0.2, 0.25) is 0 Å². The number of rotatable bonds is 1. The van der Waals surface area contributed by atoms with Crippen LogP contribution in [0.4, 0.5) is 0 Å². The molecule has 1 aliphatic rings. The van der Waals surface area contributed by atoms with Crippen molar-refractivity contribution in [1.82, 2.24) is 0 Å². The Morgan fingerprint density at radius 2 is 1.33 bits per heavy atom. The van der Waals surface area contributed by atoms with Gasteiger partial charge in [0.25, 0.3) is 0 Å². The molecule has 2 nitrogen and oxygen atoms in total. The van der Waals surface area contributed by atoms with Gasteiger partial charge in [-0.05, 0) is 0 Å². The van der Waals surface area contributed by atoms with E-state index in [-0.39, 0.29) is 0 Å². The average Bonchev–Trinajstić information content (AvgIpc) is 2.38. The molecule has 0 atom stereocenters. The number of hydrogen-bond donors (Lipinski definition) is 4. The Labute approximate surface area is 110 Å². The second kappa shape index (κ2) is 4.09. The first-order chi connectivity index (χ1) is 6.92. The van der Waals surface area contributed by atoms with E-state index < -0.39 is 14.8 Å². The predicted molar refractivity (Wildman–Crippen MR) is 72.8 cm³/mol. The number of thiol groups is 4. The van der Waals surface area contributed by atoms with E-state index >= 15 is 0 Å². The lowest BCUT2D eigenvalue weighted by Crippen LogP contribution is -2.32. The highest BCUT2D eigenvalue weighted by Gasteiger charge is 2.54. The monoisotopic (exact) mass is 278 g/mol. The van der Waals surface area contributed by atoms with E-state index in [1.165, 1.54) is 0 Å². The van der Waals surface area contributed by atoms with E-state index in [0.717, 1.165) is 5.56 Å². The summed E-state index contributed by atoms with van der Waals surface area (Å²) >= 11 is 16.8. The summed E-state index contributed by atoms with van der Waals surface area (Å²) in [6.07, 6.45) is -0.545. The molecule has 0 amide bonds. The summed E-state index contributed by atoms with van der Waals surface area (Å²) < 4.78 is 8.73. The van der Waals surface area contributed by atoms with Gasteiger partial charge in [0, 0.05) is 5.56 Å². The molecule has 0 spiro atoms. The number of benzene rings is 1. The maximum absolute atomic E-state index is 5.50. The predicted octanol–water partition coefficient (Wildman–Crippen LogP) is 2.76. The largest absolute Gasteiger partial charge is 0.317 e. The first-order valence-corrected chi connectivity index (χ1v) is 6.01. The Morgan fingerprint density at radius 1 is 0.867 bits per heavy atom. The van der Waals surface area contributed by atoms with Crippen molar-refractivity contribution in [3.05, 3.63) is 35.9 Å². The lowest BCUT2D eigenvalue weighted by atomic mass is 10.2. The number of hydrogen-bond acceptors (Lipinski definition) is 6. The molecule has 0 aliphatic carbocycles. The molecular formula is C9H10O2S4. The highest BCUT2D eigenvalue weighted by atomic mass is 32.2. The maximum Gasteiger partial charge on any atom is 0.206 e. The van der Waals surface area contributed by atoms with Gasteiger partial charge in [0.1, 0.15) is 0 Å². The molecule has 1 aliphatic heterocycles. The van der Waals surface area contributed by atoms with Gasteiger partial charge in [0.15, 0.2) is 6.29 Å². The van der Waals surface area contributed by atoms with E-state index in [9.17, 15) is 0 Å². The van der Waals surface area contributed by atoms with Gasteiger partial charge in [-0.25, -0.2) is 0 Å². The van der Waals surface area contributed by atoms with Crippen LogP contribution in [-0.2, 0) is 9.47 Å². The minimum atomic E-state index is -1.14. The molecule has 1 fully saturated rings. The highest BCUT2D eigenvalue weighted by molar-refractivity contribution is 8.07. The van der Waals surface area contributed by atoms with E-state index in [1.807, 2.05) is 30.3 Å². The summed E-state index contributed by atoms with van der Waals surface area (Å²) in [5, 5.41) is 0. The van der Waals surface area contributed by atoms with Crippen LogP contribution in [0.15, 0.2) is 30.3 Å². The first-order valence-electron chi connectivity index (χ1n) is 4.22. The highest BCUT2D eigenvalue weighted by Crippen LogP contribution is 2.53. The summed E-state index contributed by atoms with van der Waals surface area (Å²) in [5.41, 5.74) is 0.884. The fraction of sp³-hybridized carbons (Fsp3) is 0.333. The Hall–Kier alpha value is 0.540. The maximum atomic E-state index is 5.50. The smallest absolute Gasteiger partial charge is 0.206 e. The van der Waals surface area contributed by atoms with Crippen molar-refractivity contribution in [3.8, 4) is 0 Å². The van der Waals surface area contributed by atoms with Crippen molar-refractivity contribution < 1.29 is 9.47 Å². The van der Waals surface area contributed by atoms with Crippen LogP contribution < -0.4 is 0 Å². The third kappa shape index (κ3) is 2.30. The molecule has 0 bridgehead atoms. The van der Waals surface area contributed by atoms with Gasteiger partial charge in [-0.2, -0.15) is 0 Å². The Balaban J connectivity index is 2.24. The van der Waals surface area contributed by atoms with Crippen LogP contribution in [0.5, 0.6) is 0 Å². The van der Waals surface area contributed by atoms with E-state index in [1.54, 1.807) is 0 Å². The topological polar surface area (TPSA) is 18.5 Å². The SMILES string of the molecule is SC1(S)OC(c2ccccc2)OC1(S)S. The first kappa shape index (κ1) is 12.0.